The maximum atomic E-state index is 5.72. The van der Waals surface area contributed by atoms with E-state index in [9.17, 15) is 0 Å². The molecule has 0 aliphatic carbocycles. The third-order valence-electron chi connectivity index (χ3n) is 4.51. The molecule has 1 aliphatic heterocycles. The Labute approximate surface area is 131 Å². The summed E-state index contributed by atoms with van der Waals surface area (Å²) in [6.45, 7) is 5.39. The van der Waals surface area contributed by atoms with Crippen molar-refractivity contribution in [3.63, 3.8) is 0 Å². The van der Waals surface area contributed by atoms with Gasteiger partial charge in [0.2, 0.25) is 0 Å². The van der Waals surface area contributed by atoms with Crippen LogP contribution in [0.1, 0.15) is 71.6 Å². The maximum Gasteiger partial charge on any atom is 0.144 e. The van der Waals surface area contributed by atoms with Crippen LogP contribution in [0.4, 0.5) is 0 Å². The molecule has 118 valence electrons. The molecule has 0 radical (unpaired) electrons. The number of thiocarbonyl (C=S) groups is 1. The van der Waals surface area contributed by atoms with Gasteiger partial charge >= 0.3 is 0 Å². The molecule has 0 saturated carbocycles. The van der Waals surface area contributed by atoms with Gasteiger partial charge in [-0.2, -0.15) is 0 Å². The molecule has 2 unspecified atom stereocenters. The SMILES string of the molecule is CCCCCCCCCCC(C)C1(C(=S)N(C)C)CO1. The van der Waals surface area contributed by atoms with Gasteiger partial charge in [-0.25, -0.2) is 0 Å². The summed E-state index contributed by atoms with van der Waals surface area (Å²) in [7, 11) is 4.05. The predicted octanol–water partition coefficient (Wildman–Crippen LogP) is 4.81. The van der Waals surface area contributed by atoms with Gasteiger partial charge in [0.15, 0.2) is 0 Å². The van der Waals surface area contributed by atoms with Crippen molar-refractivity contribution in [1.82, 2.24) is 4.90 Å². The van der Waals surface area contributed by atoms with E-state index in [2.05, 4.69) is 13.8 Å². The Morgan fingerprint density at radius 1 is 1.10 bits per heavy atom. The van der Waals surface area contributed by atoms with Crippen LogP contribution in [0.2, 0.25) is 0 Å². The number of nitrogens with zero attached hydrogens (tertiary/aromatic N) is 1. The van der Waals surface area contributed by atoms with E-state index in [1.54, 1.807) is 0 Å². The van der Waals surface area contributed by atoms with Crippen LogP contribution in [0.5, 0.6) is 0 Å². The van der Waals surface area contributed by atoms with Crippen molar-refractivity contribution in [3.8, 4) is 0 Å². The molecule has 0 aromatic rings. The Bertz CT molecular complexity index is 287. The molecule has 0 aromatic carbocycles. The van der Waals surface area contributed by atoms with Crippen molar-refractivity contribution in [2.75, 3.05) is 20.7 Å². The Morgan fingerprint density at radius 3 is 2.05 bits per heavy atom. The van der Waals surface area contributed by atoms with Crippen molar-refractivity contribution in [3.05, 3.63) is 0 Å². The van der Waals surface area contributed by atoms with Gasteiger partial charge in [0.25, 0.3) is 0 Å². The van der Waals surface area contributed by atoms with Crippen molar-refractivity contribution < 1.29 is 4.74 Å². The van der Waals surface area contributed by atoms with E-state index in [1.807, 2.05) is 19.0 Å². The van der Waals surface area contributed by atoms with Crippen LogP contribution < -0.4 is 0 Å². The fourth-order valence-corrected chi connectivity index (χ4v) is 3.21. The second kappa shape index (κ2) is 8.99. The molecule has 20 heavy (non-hydrogen) atoms. The number of rotatable bonds is 11. The first-order valence-corrected chi connectivity index (χ1v) is 8.81. The lowest BCUT2D eigenvalue weighted by atomic mass is 9.89. The Kier molecular flexibility index (Phi) is 8.04. The van der Waals surface area contributed by atoms with E-state index in [0.29, 0.717) is 5.92 Å². The predicted molar refractivity (Wildman–Crippen MR) is 91.4 cm³/mol. The quantitative estimate of drug-likeness (QED) is 0.309. The number of epoxide rings is 1. The molecule has 1 heterocycles. The molecule has 0 N–H and O–H groups in total. The number of likely N-dealkylation sites (N-methyl/N-ethyl adjacent to an activating group) is 1. The van der Waals surface area contributed by atoms with Crippen LogP contribution in [0, 0.1) is 5.92 Å². The molecular weight excluding hydrogens is 266 g/mol. The zero-order chi connectivity index (χ0) is 15.0. The highest BCUT2D eigenvalue weighted by molar-refractivity contribution is 7.80. The first-order chi connectivity index (χ1) is 9.54. The second-order valence-corrected chi connectivity index (χ2v) is 6.93. The molecule has 0 aromatic heterocycles. The van der Waals surface area contributed by atoms with Gasteiger partial charge in [-0.15, -0.1) is 0 Å². The molecule has 3 heteroatoms. The summed E-state index contributed by atoms with van der Waals surface area (Å²) in [5.74, 6) is 0.553. The maximum absolute atomic E-state index is 5.72. The summed E-state index contributed by atoms with van der Waals surface area (Å²) in [5.41, 5.74) is -0.111. The van der Waals surface area contributed by atoms with Crippen molar-refractivity contribution in [1.29, 1.82) is 0 Å². The lowest BCUT2D eigenvalue weighted by Crippen LogP contribution is -2.39. The summed E-state index contributed by atoms with van der Waals surface area (Å²) >= 11 is 5.51. The molecule has 1 fully saturated rings. The first kappa shape index (κ1) is 17.9. The number of unbranched alkanes of at least 4 members (excludes halogenated alkanes) is 7. The zero-order valence-electron chi connectivity index (χ0n) is 13.9. The van der Waals surface area contributed by atoms with E-state index >= 15 is 0 Å². The molecule has 0 spiro atoms. The van der Waals surface area contributed by atoms with E-state index < -0.39 is 0 Å². The largest absolute Gasteiger partial charge is 0.370 e. The van der Waals surface area contributed by atoms with Crippen LogP contribution >= 0.6 is 12.2 Å². The Hall–Kier alpha value is -0.150. The van der Waals surface area contributed by atoms with Crippen LogP contribution in [-0.2, 0) is 4.74 Å². The third kappa shape index (κ3) is 5.33. The highest BCUT2D eigenvalue weighted by Crippen LogP contribution is 2.40. The lowest BCUT2D eigenvalue weighted by molar-refractivity contribution is 0.267. The van der Waals surface area contributed by atoms with Crippen LogP contribution in [0.25, 0.3) is 0 Å². The first-order valence-electron chi connectivity index (χ1n) is 8.40. The third-order valence-corrected chi connectivity index (χ3v) is 5.22. The van der Waals surface area contributed by atoms with Gasteiger partial charge in [0.1, 0.15) is 10.6 Å². The number of ether oxygens (including phenoxy) is 1. The highest BCUT2D eigenvalue weighted by atomic mass is 32.1. The van der Waals surface area contributed by atoms with Gasteiger partial charge in [-0.1, -0.05) is 77.4 Å². The lowest BCUT2D eigenvalue weighted by Gasteiger charge is -2.25. The van der Waals surface area contributed by atoms with Gasteiger partial charge in [0, 0.05) is 14.1 Å². The van der Waals surface area contributed by atoms with E-state index in [-0.39, 0.29) is 5.60 Å². The van der Waals surface area contributed by atoms with Crippen molar-refractivity contribution >= 4 is 17.2 Å². The topological polar surface area (TPSA) is 15.8 Å². The van der Waals surface area contributed by atoms with E-state index in [1.165, 1.54) is 57.8 Å². The number of hydrogen-bond acceptors (Lipinski definition) is 2. The average Bonchev–Trinajstić information content (AvgIpc) is 3.22. The van der Waals surface area contributed by atoms with Gasteiger partial charge in [-0.05, 0) is 12.3 Å². The van der Waals surface area contributed by atoms with Crippen molar-refractivity contribution in [2.45, 2.75) is 77.2 Å². The van der Waals surface area contributed by atoms with Gasteiger partial charge < -0.3 is 9.64 Å². The fraction of sp³-hybridized carbons (Fsp3) is 0.941. The summed E-state index contributed by atoms with van der Waals surface area (Å²) in [6, 6.07) is 0. The Morgan fingerprint density at radius 2 is 1.60 bits per heavy atom. The van der Waals surface area contributed by atoms with E-state index in [4.69, 9.17) is 17.0 Å². The minimum absolute atomic E-state index is 0.111. The minimum Gasteiger partial charge on any atom is -0.370 e. The Balaban J connectivity index is 2.09. The molecule has 2 nitrogen and oxygen atoms in total. The molecule has 2 atom stereocenters. The van der Waals surface area contributed by atoms with Crippen LogP contribution in [0.15, 0.2) is 0 Å². The minimum atomic E-state index is -0.111. The molecule has 0 bridgehead atoms. The number of hydrogen-bond donors (Lipinski definition) is 0. The normalized spacial score (nSPS) is 22.6. The van der Waals surface area contributed by atoms with Gasteiger partial charge in [-0.3, -0.25) is 0 Å². The van der Waals surface area contributed by atoms with Crippen LogP contribution in [-0.4, -0.2) is 36.2 Å². The van der Waals surface area contributed by atoms with Crippen LogP contribution in [0.3, 0.4) is 0 Å². The molecule has 0 amide bonds. The zero-order valence-corrected chi connectivity index (χ0v) is 14.7. The van der Waals surface area contributed by atoms with Gasteiger partial charge in [0.05, 0.1) is 6.61 Å². The molecule has 1 rings (SSSR count). The summed E-state index contributed by atoms with van der Waals surface area (Å²) in [6.07, 6.45) is 12.3. The summed E-state index contributed by atoms with van der Waals surface area (Å²) < 4.78 is 5.72. The average molecular weight is 300 g/mol. The molecular formula is C17H33NOS. The monoisotopic (exact) mass is 299 g/mol. The van der Waals surface area contributed by atoms with Crippen molar-refractivity contribution in [2.24, 2.45) is 5.92 Å². The second-order valence-electron chi connectivity index (χ2n) is 6.54. The smallest absolute Gasteiger partial charge is 0.144 e. The highest BCUT2D eigenvalue weighted by Gasteiger charge is 2.53. The standard InChI is InChI=1S/C17H33NOS/c1-5-6-7-8-9-10-11-12-13-15(2)17(14-19-17)16(20)18(3)4/h15H,5-14H2,1-4H3. The fourth-order valence-electron chi connectivity index (χ4n) is 2.89. The summed E-state index contributed by atoms with van der Waals surface area (Å²) in [5, 5.41) is 0. The molecule has 1 saturated heterocycles. The summed E-state index contributed by atoms with van der Waals surface area (Å²) in [4.78, 5) is 3.01. The molecule has 1 aliphatic rings. The van der Waals surface area contributed by atoms with E-state index in [0.717, 1.165) is 11.6 Å².